The van der Waals surface area contributed by atoms with E-state index in [0.29, 0.717) is 12.2 Å². The van der Waals surface area contributed by atoms with Gasteiger partial charge in [0.2, 0.25) is 5.91 Å². The van der Waals surface area contributed by atoms with E-state index in [1.807, 2.05) is 30.3 Å². The summed E-state index contributed by atoms with van der Waals surface area (Å²) in [7, 11) is 1.72. The van der Waals surface area contributed by atoms with Crippen molar-refractivity contribution in [1.82, 2.24) is 9.88 Å². The molecular weight excluding hydrogens is 414 g/mol. The minimum atomic E-state index is -0.434. The van der Waals surface area contributed by atoms with Gasteiger partial charge >= 0.3 is 0 Å². The number of aryl methyl sites for hydroxylation is 1. The van der Waals surface area contributed by atoms with Gasteiger partial charge in [-0.05, 0) is 73.4 Å². The van der Waals surface area contributed by atoms with Crippen molar-refractivity contribution in [3.63, 3.8) is 0 Å². The Kier molecular flexibility index (Phi) is 6.77. The van der Waals surface area contributed by atoms with Crippen LogP contribution in [0.25, 0.3) is 11.3 Å². The molecule has 1 saturated heterocycles. The second-order valence-corrected chi connectivity index (χ2v) is 8.61. The number of aromatic nitrogens is 1. The average Bonchev–Trinajstić information content (AvgIpc) is 2.84. The molecule has 33 heavy (non-hydrogen) atoms. The van der Waals surface area contributed by atoms with Crippen LogP contribution in [0.1, 0.15) is 44.4 Å². The van der Waals surface area contributed by atoms with Crippen LogP contribution in [0, 0.1) is 20.8 Å². The molecule has 2 heterocycles. The first kappa shape index (κ1) is 23.0. The number of primary amides is 1. The zero-order chi connectivity index (χ0) is 23.5. The zero-order valence-corrected chi connectivity index (χ0v) is 19.7. The predicted molar refractivity (Wildman–Crippen MR) is 129 cm³/mol. The van der Waals surface area contributed by atoms with Crippen LogP contribution in [0.5, 0.6) is 5.75 Å². The van der Waals surface area contributed by atoms with Crippen molar-refractivity contribution in [3.05, 3.63) is 82.0 Å². The van der Waals surface area contributed by atoms with E-state index in [2.05, 4.69) is 31.7 Å². The molecule has 0 spiro atoms. The number of carbonyl (C=O) groups is 1. The van der Waals surface area contributed by atoms with E-state index >= 15 is 0 Å². The lowest BCUT2D eigenvalue weighted by Gasteiger charge is -2.33. The maximum Gasteiger partial charge on any atom is 0.248 e. The average molecular weight is 446 g/mol. The first-order valence-electron chi connectivity index (χ1n) is 11.2. The quantitative estimate of drug-likeness (QED) is 0.610. The third-order valence-electron chi connectivity index (χ3n) is 6.53. The van der Waals surface area contributed by atoms with Crippen LogP contribution in [0.3, 0.4) is 0 Å². The van der Waals surface area contributed by atoms with Crippen LogP contribution in [0.4, 0.5) is 0 Å². The van der Waals surface area contributed by atoms with Crippen molar-refractivity contribution in [2.45, 2.75) is 33.4 Å². The highest BCUT2D eigenvalue weighted by Gasteiger charge is 2.25. The number of amides is 1. The Morgan fingerprint density at radius 1 is 1.15 bits per heavy atom. The number of nitrogens with zero attached hydrogens (tertiary/aromatic N) is 2. The maximum absolute atomic E-state index is 11.3. The van der Waals surface area contributed by atoms with E-state index in [1.165, 1.54) is 22.3 Å². The Morgan fingerprint density at radius 2 is 1.91 bits per heavy atom. The highest BCUT2D eigenvalue weighted by molar-refractivity contribution is 5.93. The summed E-state index contributed by atoms with van der Waals surface area (Å²) >= 11 is 0. The summed E-state index contributed by atoms with van der Waals surface area (Å²) in [5.41, 5.74) is 13.6. The smallest absolute Gasteiger partial charge is 0.248 e. The van der Waals surface area contributed by atoms with Gasteiger partial charge in [-0.25, -0.2) is 0 Å². The number of benzene rings is 2. The van der Waals surface area contributed by atoms with Crippen molar-refractivity contribution >= 4 is 5.91 Å². The molecule has 0 saturated carbocycles. The van der Waals surface area contributed by atoms with Gasteiger partial charge in [0.05, 0.1) is 25.1 Å². The lowest BCUT2D eigenvalue weighted by Crippen LogP contribution is -2.38. The van der Waals surface area contributed by atoms with Crippen LogP contribution in [0.2, 0.25) is 0 Å². The molecule has 1 aliphatic heterocycles. The molecule has 1 amide bonds. The van der Waals surface area contributed by atoms with Crippen molar-refractivity contribution < 1.29 is 14.3 Å². The molecule has 1 aromatic heterocycles. The number of pyridine rings is 1. The topological polar surface area (TPSA) is 77.7 Å². The van der Waals surface area contributed by atoms with Gasteiger partial charge in [-0.15, -0.1) is 0 Å². The van der Waals surface area contributed by atoms with Crippen molar-refractivity contribution in [1.29, 1.82) is 0 Å². The molecule has 0 aliphatic carbocycles. The van der Waals surface area contributed by atoms with Gasteiger partial charge in [-0.1, -0.05) is 18.2 Å². The molecule has 1 atom stereocenters. The van der Waals surface area contributed by atoms with E-state index in [-0.39, 0.29) is 6.10 Å². The molecule has 4 rings (SSSR count). The fourth-order valence-electron chi connectivity index (χ4n) is 4.40. The number of morpholine rings is 1. The van der Waals surface area contributed by atoms with Gasteiger partial charge in [0.15, 0.2) is 0 Å². The van der Waals surface area contributed by atoms with E-state index in [0.717, 1.165) is 42.3 Å². The molecule has 6 heteroatoms. The summed E-state index contributed by atoms with van der Waals surface area (Å²) in [5.74, 6) is 0.509. The zero-order valence-electron chi connectivity index (χ0n) is 19.7. The molecule has 172 valence electrons. The molecule has 2 aromatic carbocycles. The molecular formula is C27H31N3O3. The first-order chi connectivity index (χ1) is 15.9. The SMILES string of the molecule is COc1cc(C)c(CN2CCO[C@@H](c3cccc(-c4ccc(C(N)=O)cc4)n3)C2)c(C)c1C. The van der Waals surface area contributed by atoms with Gasteiger partial charge in [-0.2, -0.15) is 0 Å². The Labute approximate surface area is 195 Å². The van der Waals surface area contributed by atoms with Crippen LogP contribution >= 0.6 is 0 Å². The Hall–Kier alpha value is -3.22. The standard InChI is InChI=1S/C27H31N3O3/c1-17-14-25(32-4)19(3)18(2)22(17)15-30-12-13-33-26(16-30)24-7-5-6-23(29-24)20-8-10-21(11-9-20)27(28)31/h5-11,14,26H,12-13,15-16H2,1-4H3,(H2,28,31)/t26-/m1/s1. The largest absolute Gasteiger partial charge is 0.496 e. The van der Waals surface area contributed by atoms with Gasteiger partial charge < -0.3 is 15.2 Å². The number of carbonyl (C=O) groups excluding carboxylic acids is 1. The number of hydrogen-bond donors (Lipinski definition) is 1. The molecule has 2 N–H and O–H groups in total. The summed E-state index contributed by atoms with van der Waals surface area (Å²) in [5, 5.41) is 0. The molecule has 0 bridgehead atoms. The highest BCUT2D eigenvalue weighted by atomic mass is 16.5. The minimum Gasteiger partial charge on any atom is -0.496 e. The van der Waals surface area contributed by atoms with E-state index in [9.17, 15) is 4.79 Å². The number of hydrogen-bond acceptors (Lipinski definition) is 5. The third-order valence-corrected chi connectivity index (χ3v) is 6.53. The Bertz CT molecular complexity index is 1160. The summed E-state index contributed by atoms with van der Waals surface area (Å²) in [4.78, 5) is 18.6. The normalized spacial score (nSPS) is 16.5. The lowest BCUT2D eigenvalue weighted by atomic mass is 9.96. The second kappa shape index (κ2) is 9.73. The first-order valence-corrected chi connectivity index (χ1v) is 11.2. The molecule has 0 unspecified atom stereocenters. The highest BCUT2D eigenvalue weighted by Crippen LogP contribution is 2.30. The molecule has 6 nitrogen and oxygen atoms in total. The number of methoxy groups -OCH3 is 1. The van der Waals surface area contributed by atoms with E-state index in [4.69, 9.17) is 20.2 Å². The van der Waals surface area contributed by atoms with Crippen LogP contribution in [-0.4, -0.2) is 42.6 Å². The predicted octanol–water partition coefficient (Wildman–Crippen LogP) is 4.35. The summed E-state index contributed by atoms with van der Waals surface area (Å²) in [6.45, 7) is 9.64. The van der Waals surface area contributed by atoms with Crippen molar-refractivity contribution in [3.8, 4) is 17.0 Å². The fraction of sp³-hybridized carbons (Fsp3) is 0.333. The Morgan fingerprint density at radius 3 is 2.61 bits per heavy atom. The monoisotopic (exact) mass is 445 g/mol. The summed E-state index contributed by atoms with van der Waals surface area (Å²) < 4.78 is 11.6. The third kappa shape index (κ3) is 4.92. The van der Waals surface area contributed by atoms with Crippen LogP contribution in [0.15, 0.2) is 48.5 Å². The minimum absolute atomic E-state index is 0.0939. The van der Waals surface area contributed by atoms with E-state index < -0.39 is 5.91 Å². The van der Waals surface area contributed by atoms with Crippen LogP contribution in [-0.2, 0) is 11.3 Å². The van der Waals surface area contributed by atoms with Crippen LogP contribution < -0.4 is 10.5 Å². The van der Waals surface area contributed by atoms with Gasteiger partial charge in [-0.3, -0.25) is 14.7 Å². The molecule has 3 aromatic rings. The van der Waals surface area contributed by atoms with E-state index in [1.54, 1.807) is 19.2 Å². The summed E-state index contributed by atoms with van der Waals surface area (Å²) in [6, 6.07) is 15.3. The summed E-state index contributed by atoms with van der Waals surface area (Å²) in [6.07, 6.45) is -0.0939. The van der Waals surface area contributed by atoms with Gasteiger partial charge in [0.1, 0.15) is 11.9 Å². The number of ether oxygens (including phenoxy) is 2. The number of rotatable bonds is 6. The van der Waals surface area contributed by atoms with Gasteiger partial charge in [0.25, 0.3) is 0 Å². The lowest BCUT2D eigenvalue weighted by molar-refractivity contribution is -0.0350. The Balaban J connectivity index is 1.52. The van der Waals surface area contributed by atoms with Crippen molar-refractivity contribution in [2.24, 2.45) is 5.73 Å². The second-order valence-electron chi connectivity index (χ2n) is 8.61. The van der Waals surface area contributed by atoms with Crippen molar-refractivity contribution in [2.75, 3.05) is 26.8 Å². The number of nitrogens with two attached hydrogens (primary N) is 1. The molecule has 1 fully saturated rings. The molecule has 0 radical (unpaired) electrons. The van der Waals surface area contributed by atoms with Gasteiger partial charge in [0, 0.05) is 30.8 Å². The molecule has 1 aliphatic rings. The fourth-order valence-corrected chi connectivity index (χ4v) is 4.40. The maximum atomic E-state index is 11.3.